The number of para-hydroxylation sites is 1. The quantitative estimate of drug-likeness (QED) is 0.185. The summed E-state index contributed by atoms with van der Waals surface area (Å²) in [5.41, 5.74) is 6.37. The first-order chi connectivity index (χ1) is 25.3. The lowest BCUT2D eigenvalue weighted by molar-refractivity contribution is 1.07. The van der Waals surface area contributed by atoms with Crippen LogP contribution in [-0.2, 0) is 0 Å². The first kappa shape index (κ1) is 28.6. The summed E-state index contributed by atoms with van der Waals surface area (Å²) < 4.78 is 7.45. The minimum atomic E-state index is 0.645. The fraction of sp³-hybridized carbons (Fsp3) is 0. The summed E-state index contributed by atoms with van der Waals surface area (Å²) in [5, 5.41) is 7.54. The van der Waals surface area contributed by atoms with Crippen molar-refractivity contribution in [2.75, 3.05) is 0 Å². The number of fused-ring (bicyclic) bond motifs is 10. The minimum Gasteiger partial charge on any atom is -0.308 e. The zero-order valence-corrected chi connectivity index (χ0v) is 28.7. The molecule has 0 fully saturated rings. The van der Waals surface area contributed by atoms with E-state index in [2.05, 4.69) is 144 Å². The molecule has 0 spiro atoms. The first-order valence-corrected chi connectivity index (χ1v) is 18.6. The van der Waals surface area contributed by atoms with E-state index in [1.54, 1.807) is 11.3 Å². The van der Waals surface area contributed by atoms with E-state index in [1.165, 1.54) is 62.2 Å². The lowest BCUT2D eigenvalue weighted by atomic mass is 10.1. The third kappa shape index (κ3) is 4.40. The molecule has 51 heavy (non-hydrogen) atoms. The van der Waals surface area contributed by atoms with E-state index in [1.807, 2.05) is 29.5 Å². The highest BCUT2D eigenvalue weighted by molar-refractivity contribution is 7.27. The molecule has 4 aromatic heterocycles. The second-order valence-corrected chi connectivity index (χ2v) is 14.9. The third-order valence-corrected chi connectivity index (χ3v) is 12.3. The number of nitrogens with zero attached hydrogens (tertiary/aromatic N) is 4. The second-order valence-electron chi connectivity index (χ2n) is 12.8. The number of hydrogen-bond donors (Lipinski definition) is 0. The summed E-state index contributed by atoms with van der Waals surface area (Å²) in [6, 6.07) is 55.9. The van der Waals surface area contributed by atoms with Gasteiger partial charge in [0, 0.05) is 68.8 Å². The Kier molecular flexibility index (Phi) is 6.26. The van der Waals surface area contributed by atoms with Crippen LogP contribution in [-0.4, -0.2) is 19.5 Å². The molecular weight excluding hydrogens is 661 g/mol. The molecule has 0 saturated carbocycles. The zero-order chi connectivity index (χ0) is 33.5. The topological polar surface area (TPSA) is 43.6 Å². The highest BCUT2D eigenvalue weighted by Gasteiger charge is 2.20. The maximum atomic E-state index is 5.22. The maximum absolute atomic E-state index is 5.22. The van der Waals surface area contributed by atoms with Gasteiger partial charge in [0.05, 0.1) is 15.7 Å². The molecule has 11 rings (SSSR count). The van der Waals surface area contributed by atoms with Crippen LogP contribution in [0.5, 0.6) is 0 Å². The highest BCUT2D eigenvalue weighted by atomic mass is 32.1. The van der Waals surface area contributed by atoms with Gasteiger partial charge in [0.2, 0.25) is 0 Å². The van der Waals surface area contributed by atoms with Crippen molar-refractivity contribution in [1.82, 2.24) is 19.5 Å². The van der Waals surface area contributed by atoms with Crippen LogP contribution in [0.15, 0.2) is 158 Å². The molecule has 7 aromatic carbocycles. The molecule has 0 radical (unpaired) electrons. The molecule has 0 aliphatic rings. The van der Waals surface area contributed by atoms with Crippen molar-refractivity contribution in [2.45, 2.75) is 0 Å². The van der Waals surface area contributed by atoms with Gasteiger partial charge in [-0.25, -0.2) is 15.0 Å². The van der Waals surface area contributed by atoms with Crippen LogP contribution in [0.25, 0.3) is 102 Å². The average Bonchev–Trinajstić information content (AvgIpc) is 3.88. The number of hydrogen-bond acceptors (Lipinski definition) is 5. The van der Waals surface area contributed by atoms with Crippen LogP contribution < -0.4 is 0 Å². The van der Waals surface area contributed by atoms with Gasteiger partial charge in [-0.3, -0.25) is 0 Å². The molecule has 0 aliphatic heterocycles. The Morgan fingerprint density at radius 1 is 0.392 bits per heavy atom. The van der Waals surface area contributed by atoms with Crippen molar-refractivity contribution in [3.63, 3.8) is 0 Å². The van der Waals surface area contributed by atoms with Crippen LogP contribution in [0.3, 0.4) is 0 Å². The number of thiophene rings is 2. The molecule has 11 aromatic rings. The van der Waals surface area contributed by atoms with Crippen LogP contribution in [0, 0.1) is 0 Å². The lowest BCUT2D eigenvalue weighted by Crippen LogP contribution is -2.01. The Morgan fingerprint density at radius 3 is 1.76 bits per heavy atom. The maximum Gasteiger partial charge on any atom is 0.165 e. The summed E-state index contributed by atoms with van der Waals surface area (Å²) in [5.74, 6) is 1.97. The standard InChI is InChI=1S/C45H26N4S2/c1-2-12-27(13-3-1)43-46-44(48-45(47-43)36-20-11-19-34-31-17-5-8-22-38(31)50-41(34)36)28-14-10-15-29(26-28)49-37-21-7-4-16-30(37)33-24-25-35-32-18-6-9-23-39(32)51-42(35)40(33)49/h1-26H. The molecule has 0 unspecified atom stereocenters. The molecule has 238 valence electrons. The summed E-state index contributed by atoms with van der Waals surface area (Å²) in [4.78, 5) is 15.5. The van der Waals surface area contributed by atoms with Crippen molar-refractivity contribution in [1.29, 1.82) is 0 Å². The van der Waals surface area contributed by atoms with Crippen LogP contribution in [0.2, 0.25) is 0 Å². The molecule has 0 amide bonds. The molecule has 0 atom stereocenters. The van der Waals surface area contributed by atoms with Gasteiger partial charge < -0.3 is 4.57 Å². The van der Waals surface area contributed by atoms with Gasteiger partial charge in [-0.05, 0) is 36.4 Å². The SMILES string of the molecule is c1ccc(-c2nc(-c3cccc(-n4c5ccccc5c5ccc6c7ccccc7sc6c54)c3)nc(-c3cccc4c3sc3ccccc34)n2)cc1. The fourth-order valence-corrected chi connectivity index (χ4v) is 10.0. The second kappa shape index (κ2) is 11.2. The first-order valence-electron chi connectivity index (χ1n) is 16.9. The van der Waals surface area contributed by atoms with E-state index in [-0.39, 0.29) is 0 Å². The van der Waals surface area contributed by atoms with E-state index in [9.17, 15) is 0 Å². The molecule has 6 heteroatoms. The van der Waals surface area contributed by atoms with E-state index >= 15 is 0 Å². The van der Waals surface area contributed by atoms with Crippen LogP contribution >= 0.6 is 22.7 Å². The minimum absolute atomic E-state index is 0.645. The predicted molar refractivity (Wildman–Crippen MR) is 216 cm³/mol. The highest BCUT2D eigenvalue weighted by Crippen LogP contribution is 2.44. The fourth-order valence-electron chi connectivity index (χ4n) is 7.55. The lowest BCUT2D eigenvalue weighted by Gasteiger charge is -2.12. The van der Waals surface area contributed by atoms with Crippen molar-refractivity contribution in [3.05, 3.63) is 158 Å². The summed E-state index contributed by atoms with van der Waals surface area (Å²) in [6.45, 7) is 0. The van der Waals surface area contributed by atoms with E-state index in [4.69, 9.17) is 15.0 Å². The number of rotatable bonds is 4. The average molecular weight is 687 g/mol. The van der Waals surface area contributed by atoms with Crippen LogP contribution in [0.1, 0.15) is 0 Å². The Morgan fingerprint density at radius 2 is 0.961 bits per heavy atom. The summed E-state index contributed by atoms with van der Waals surface area (Å²) in [7, 11) is 0. The Labute approximate surface area is 300 Å². The molecule has 0 bridgehead atoms. The van der Waals surface area contributed by atoms with Gasteiger partial charge in [0.15, 0.2) is 17.5 Å². The van der Waals surface area contributed by atoms with Gasteiger partial charge in [-0.15, -0.1) is 22.7 Å². The van der Waals surface area contributed by atoms with E-state index in [0.29, 0.717) is 17.5 Å². The Balaban J connectivity index is 1.16. The van der Waals surface area contributed by atoms with Gasteiger partial charge in [0.25, 0.3) is 0 Å². The molecule has 0 N–H and O–H groups in total. The van der Waals surface area contributed by atoms with Gasteiger partial charge in [-0.1, -0.05) is 121 Å². The van der Waals surface area contributed by atoms with E-state index < -0.39 is 0 Å². The largest absolute Gasteiger partial charge is 0.308 e. The molecule has 4 nitrogen and oxygen atoms in total. The molecule has 0 aliphatic carbocycles. The smallest absolute Gasteiger partial charge is 0.165 e. The van der Waals surface area contributed by atoms with Gasteiger partial charge in [0.1, 0.15) is 0 Å². The summed E-state index contributed by atoms with van der Waals surface area (Å²) >= 11 is 3.65. The monoisotopic (exact) mass is 686 g/mol. The third-order valence-electron chi connectivity index (χ3n) is 9.85. The van der Waals surface area contributed by atoms with Crippen molar-refractivity contribution >= 4 is 84.8 Å². The Hall–Kier alpha value is -6.21. The number of benzene rings is 7. The van der Waals surface area contributed by atoms with Gasteiger partial charge >= 0.3 is 0 Å². The van der Waals surface area contributed by atoms with E-state index in [0.717, 1.165) is 22.4 Å². The number of aromatic nitrogens is 4. The van der Waals surface area contributed by atoms with Crippen molar-refractivity contribution in [3.8, 4) is 39.9 Å². The predicted octanol–water partition coefficient (Wildman–Crippen LogP) is 12.7. The normalized spacial score (nSPS) is 11.9. The van der Waals surface area contributed by atoms with Crippen molar-refractivity contribution in [2.24, 2.45) is 0 Å². The Bertz CT molecular complexity index is 3150. The molecular formula is C45H26N4S2. The zero-order valence-electron chi connectivity index (χ0n) is 27.1. The molecule has 4 heterocycles. The van der Waals surface area contributed by atoms with Crippen molar-refractivity contribution < 1.29 is 0 Å². The van der Waals surface area contributed by atoms with Crippen LogP contribution in [0.4, 0.5) is 0 Å². The van der Waals surface area contributed by atoms with Gasteiger partial charge in [-0.2, -0.15) is 0 Å². The molecule has 0 saturated heterocycles. The summed E-state index contributed by atoms with van der Waals surface area (Å²) in [6.07, 6.45) is 0.